The second-order valence-corrected chi connectivity index (χ2v) is 7.14. The van der Waals surface area contributed by atoms with Crippen LogP contribution in [0.3, 0.4) is 0 Å². The third kappa shape index (κ3) is 3.14. The molecule has 110 valence electrons. The molecular formula is C16H9BrFNOS2. The minimum Gasteiger partial charge on any atom is -0.268 e. The molecule has 0 bridgehead atoms. The van der Waals surface area contributed by atoms with E-state index in [0.717, 1.165) is 15.7 Å². The van der Waals surface area contributed by atoms with Crippen molar-refractivity contribution < 1.29 is 9.18 Å². The standard InChI is InChI=1S/C16H9BrFNOS2/c17-11-2-1-3-13(9-11)19-15(20)14(22-16(19)21)8-10-4-6-12(18)7-5-10/h1-9H. The van der Waals surface area contributed by atoms with Crippen molar-refractivity contribution in [1.29, 1.82) is 0 Å². The maximum atomic E-state index is 12.9. The minimum atomic E-state index is -0.307. The average Bonchev–Trinajstić information content (AvgIpc) is 2.76. The molecule has 1 aliphatic rings. The molecule has 0 spiro atoms. The molecule has 0 aliphatic carbocycles. The summed E-state index contributed by atoms with van der Waals surface area (Å²) in [4.78, 5) is 14.6. The molecule has 2 aromatic carbocycles. The molecule has 0 saturated carbocycles. The third-order valence-electron chi connectivity index (χ3n) is 3.03. The van der Waals surface area contributed by atoms with Gasteiger partial charge < -0.3 is 0 Å². The maximum Gasteiger partial charge on any atom is 0.270 e. The molecule has 1 amide bonds. The van der Waals surface area contributed by atoms with Crippen molar-refractivity contribution in [2.75, 3.05) is 4.90 Å². The molecular weight excluding hydrogens is 385 g/mol. The fraction of sp³-hybridized carbons (Fsp3) is 0. The van der Waals surface area contributed by atoms with Crippen LogP contribution in [0.1, 0.15) is 5.56 Å². The summed E-state index contributed by atoms with van der Waals surface area (Å²) < 4.78 is 14.3. The number of carbonyl (C=O) groups is 1. The van der Waals surface area contributed by atoms with Crippen LogP contribution in [0.5, 0.6) is 0 Å². The van der Waals surface area contributed by atoms with Crippen molar-refractivity contribution >= 4 is 61.9 Å². The highest BCUT2D eigenvalue weighted by Crippen LogP contribution is 2.36. The predicted molar refractivity (Wildman–Crippen MR) is 96.2 cm³/mol. The molecule has 1 heterocycles. The van der Waals surface area contributed by atoms with Crippen molar-refractivity contribution in [2.24, 2.45) is 0 Å². The van der Waals surface area contributed by atoms with Crippen LogP contribution in [0.25, 0.3) is 6.08 Å². The molecule has 22 heavy (non-hydrogen) atoms. The van der Waals surface area contributed by atoms with E-state index in [1.54, 1.807) is 18.2 Å². The number of hydrogen-bond donors (Lipinski definition) is 0. The van der Waals surface area contributed by atoms with Crippen molar-refractivity contribution in [3.05, 3.63) is 69.3 Å². The van der Waals surface area contributed by atoms with Gasteiger partial charge >= 0.3 is 0 Å². The molecule has 0 N–H and O–H groups in total. The van der Waals surface area contributed by atoms with Crippen LogP contribution < -0.4 is 4.90 Å². The summed E-state index contributed by atoms with van der Waals surface area (Å²) in [6.45, 7) is 0. The van der Waals surface area contributed by atoms with Gasteiger partial charge in [-0.25, -0.2) is 4.39 Å². The first kappa shape index (κ1) is 15.4. The van der Waals surface area contributed by atoms with Crippen LogP contribution in [0.15, 0.2) is 57.9 Å². The number of nitrogens with zero attached hydrogens (tertiary/aromatic N) is 1. The third-order valence-corrected chi connectivity index (χ3v) is 4.82. The molecule has 1 fully saturated rings. The summed E-state index contributed by atoms with van der Waals surface area (Å²) in [6.07, 6.45) is 1.72. The second-order valence-electron chi connectivity index (χ2n) is 4.55. The van der Waals surface area contributed by atoms with Gasteiger partial charge in [-0.3, -0.25) is 9.69 Å². The summed E-state index contributed by atoms with van der Waals surface area (Å²) in [7, 11) is 0. The summed E-state index contributed by atoms with van der Waals surface area (Å²) in [5, 5.41) is 0. The lowest BCUT2D eigenvalue weighted by molar-refractivity contribution is -0.113. The Morgan fingerprint density at radius 2 is 1.91 bits per heavy atom. The van der Waals surface area contributed by atoms with Crippen molar-refractivity contribution in [3.8, 4) is 0 Å². The first-order valence-corrected chi connectivity index (χ1v) is 8.35. The topological polar surface area (TPSA) is 20.3 Å². The molecule has 0 atom stereocenters. The van der Waals surface area contributed by atoms with Gasteiger partial charge in [-0.05, 0) is 42.0 Å². The average molecular weight is 394 g/mol. The molecule has 2 nitrogen and oxygen atoms in total. The Hall–Kier alpha value is -1.50. The van der Waals surface area contributed by atoms with E-state index in [0.29, 0.717) is 9.23 Å². The van der Waals surface area contributed by atoms with Crippen LogP contribution >= 0.6 is 39.9 Å². The smallest absolute Gasteiger partial charge is 0.268 e. The predicted octanol–water partition coefficient (Wildman–Crippen LogP) is 4.99. The Morgan fingerprint density at radius 3 is 2.59 bits per heavy atom. The highest BCUT2D eigenvalue weighted by atomic mass is 79.9. The first-order valence-electron chi connectivity index (χ1n) is 6.34. The number of carbonyl (C=O) groups excluding carboxylic acids is 1. The lowest BCUT2D eigenvalue weighted by Gasteiger charge is -2.14. The number of thioether (sulfide) groups is 1. The van der Waals surface area contributed by atoms with E-state index in [-0.39, 0.29) is 11.7 Å². The zero-order chi connectivity index (χ0) is 15.7. The monoisotopic (exact) mass is 393 g/mol. The minimum absolute atomic E-state index is 0.169. The van der Waals surface area contributed by atoms with Gasteiger partial charge in [-0.15, -0.1) is 0 Å². The highest BCUT2D eigenvalue weighted by molar-refractivity contribution is 9.10. The SMILES string of the molecule is O=C1C(=Cc2ccc(F)cc2)SC(=S)N1c1cccc(Br)c1. The number of benzene rings is 2. The number of hydrogen-bond acceptors (Lipinski definition) is 3. The molecule has 0 unspecified atom stereocenters. The Morgan fingerprint density at radius 1 is 1.18 bits per heavy atom. The van der Waals surface area contributed by atoms with Crippen molar-refractivity contribution in [3.63, 3.8) is 0 Å². The normalized spacial score (nSPS) is 16.6. The number of amides is 1. The van der Waals surface area contributed by atoms with Crippen molar-refractivity contribution in [2.45, 2.75) is 0 Å². The quantitative estimate of drug-likeness (QED) is 0.529. The Bertz CT molecular complexity index is 789. The van der Waals surface area contributed by atoms with Crippen molar-refractivity contribution in [1.82, 2.24) is 0 Å². The van der Waals surface area contributed by atoms with E-state index in [2.05, 4.69) is 15.9 Å². The molecule has 1 saturated heterocycles. The van der Waals surface area contributed by atoms with Crippen LogP contribution in [0.4, 0.5) is 10.1 Å². The van der Waals surface area contributed by atoms with Gasteiger partial charge in [0.1, 0.15) is 5.82 Å². The fourth-order valence-electron chi connectivity index (χ4n) is 2.02. The van der Waals surface area contributed by atoms with E-state index >= 15 is 0 Å². The van der Waals surface area contributed by atoms with Gasteiger partial charge in [-0.2, -0.15) is 0 Å². The van der Waals surface area contributed by atoms with E-state index in [1.165, 1.54) is 28.8 Å². The Kier molecular flexibility index (Phi) is 4.42. The highest BCUT2D eigenvalue weighted by Gasteiger charge is 2.33. The molecule has 6 heteroatoms. The second kappa shape index (κ2) is 6.32. The van der Waals surface area contributed by atoms with Gasteiger partial charge in [0.25, 0.3) is 5.91 Å². The molecule has 3 rings (SSSR count). The summed E-state index contributed by atoms with van der Waals surface area (Å²) in [5.41, 5.74) is 1.48. The number of anilines is 1. The maximum absolute atomic E-state index is 12.9. The summed E-state index contributed by atoms with van der Waals surface area (Å²) in [6, 6.07) is 13.4. The van der Waals surface area contributed by atoms with E-state index in [4.69, 9.17) is 12.2 Å². The summed E-state index contributed by atoms with van der Waals surface area (Å²) >= 11 is 9.94. The number of thiocarbonyl (C=S) groups is 1. The largest absolute Gasteiger partial charge is 0.270 e. The molecule has 2 aromatic rings. The Labute approximate surface area is 145 Å². The van der Waals surface area contributed by atoms with E-state index in [1.807, 2.05) is 24.3 Å². The number of halogens is 2. The van der Waals surface area contributed by atoms with Crippen LogP contribution in [0.2, 0.25) is 0 Å². The lowest BCUT2D eigenvalue weighted by atomic mass is 10.2. The van der Waals surface area contributed by atoms with Gasteiger partial charge in [0, 0.05) is 4.47 Å². The lowest BCUT2D eigenvalue weighted by Crippen LogP contribution is -2.27. The fourth-order valence-corrected chi connectivity index (χ4v) is 3.70. The zero-order valence-electron chi connectivity index (χ0n) is 11.1. The van der Waals surface area contributed by atoms with Gasteiger partial charge in [0.2, 0.25) is 0 Å². The Balaban J connectivity index is 1.93. The van der Waals surface area contributed by atoms with E-state index < -0.39 is 0 Å². The van der Waals surface area contributed by atoms with Crippen LogP contribution in [-0.2, 0) is 4.79 Å². The zero-order valence-corrected chi connectivity index (χ0v) is 14.3. The van der Waals surface area contributed by atoms with Gasteiger partial charge in [0.15, 0.2) is 4.32 Å². The summed E-state index contributed by atoms with van der Waals surface area (Å²) in [5.74, 6) is -0.476. The van der Waals surface area contributed by atoms with Crippen LogP contribution in [-0.4, -0.2) is 10.2 Å². The molecule has 0 radical (unpaired) electrons. The number of rotatable bonds is 2. The first-order chi connectivity index (χ1) is 10.5. The molecule has 1 aliphatic heterocycles. The van der Waals surface area contributed by atoms with Gasteiger partial charge in [0.05, 0.1) is 10.6 Å². The molecule has 0 aromatic heterocycles. The van der Waals surface area contributed by atoms with Gasteiger partial charge in [-0.1, -0.05) is 58.1 Å². The van der Waals surface area contributed by atoms with E-state index in [9.17, 15) is 9.18 Å². The van der Waals surface area contributed by atoms with Crippen LogP contribution in [0, 0.1) is 5.82 Å².